The Morgan fingerprint density at radius 3 is 2.81 bits per heavy atom. The van der Waals surface area contributed by atoms with Crippen LogP contribution in [0.2, 0.25) is 0 Å². The first kappa shape index (κ1) is 18.5. The van der Waals surface area contributed by atoms with Crippen molar-refractivity contribution >= 4 is 5.91 Å². The van der Waals surface area contributed by atoms with E-state index < -0.39 is 0 Å². The number of hydrogen-bond donors (Lipinski definition) is 0. The van der Waals surface area contributed by atoms with Gasteiger partial charge in [-0.2, -0.15) is 0 Å². The number of benzene rings is 1. The molecule has 0 spiro atoms. The van der Waals surface area contributed by atoms with Crippen molar-refractivity contribution in [3.63, 3.8) is 0 Å². The van der Waals surface area contributed by atoms with Gasteiger partial charge in [0.15, 0.2) is 11.5 Å². The summed E-state index contributed by atoms with van der Waals surface area (Å²) in [5.74, 6) is 1.58. The largest absolute Gasteiger partial charge is 0.486 e. The van der Waals surface area contributed by atoms with Crippen molar-refractivity contribution in [3.05, 3.63) is 24.0 Å². The molecule has 2 fully saturated rings. The molecule has 1 atom stereocenters. The van der Waals surface area contributed by atoms with Crippen LogP contribution in [0.4, 0.5) is 4.39 Å². The first-order valence-corrected chi connectivity index (χ1v) is 9.84. The lowest BCUT2D eigenvalue weighted by Crippen LogP contribution is -2.45. The second kappa shape index (κ2) is 8.44. The van der Waals surface area contributed by atoms with Crippen molar-refractivity contribution in [1.82, 2.24) is 9.80 Å². The van der Waals surface area contributed by atoms with Crippen LogP contribution in [0.25, 0.3) is 0 Å². The van der Waals surface area contributed by atoms with Crippen LogP contribution < -0.4 is 9.47 Å². The van der Waals surface area contributed by atoms with Gasteiger partial charge in [-0.3, -0.25) is 9.69 Å². The number of halogens is 1. The number of hydrogen-bond acceptors (Lipinski definition) is 5. The summed E-state index contributed by atoms with van der Waals surface area (Å²) in [7, 11) is 0. The van der Waals surface area contributed by atoms with Crippen molar-refractivity contribution in [2.45, 2.75) is 25.4 Å². The van der Waals surface area contributed by atoms with Crippen LogP contribution in [0, 0.1) is 11.7 Å². The fourth-order valence-corrected chi connectivity index (χ4v) is 4.05. The molecule has 1 unspecified atom stereocenters. The number of carbonyl (C=O) groups excluding carboxylic acids is 1. The van der Waals surface area contributed by atoms with E-state index in [0.29, 0.717) is 30.6 Å². The van der Waals surface area contributed by atoms with Gasteiger partial charge in [0.25, 0.3) is 0 Å². The van der Waals surface area contributed by atoms with Gasteiger partial charge in [0, 0.05) is 25.7 Å². The maximum absolute atomic E-state index is 13.4. The molecule has 27 heavy (non-hydrogen) atoms. The molecule has 6 nitrogen and oxygen atoms in total. The second-order valence-electron chi connectivity index (χ2n) is 7.61. The smallest absolute Gasteiger partial charge is 0.248 e. The molecule has 1 aromatic carbocycles. The van der Waals surface area contributed by atoms with Gasteiger partial charge >= 0.3 is 0 Å². The molecule has 3 heterocycles. The zero-order valence-corrected chi connectivity index (χ0v) is 15.6. The summed E-state index contributed by atoms with van der Waals surface area (Å²) in [6.07, 6.45) is 3.27. The summed E-state index contributed by atoms with van der Waals surface area (Å²) in [6, 6.07) is 4.39. The number of piperidine rings is 1. The summed E-state index contributed by atoms with van der Waals surface area (Å²) in [5.41, 5.74) is 0. The highest BCUT2D eigenvalue weighted by molar-refractivity contribution is 5.77. The summed E-state index contributed by atoms with van der Waals surface area (Å²) in [5, 5.41) is 0. The molecule has 3 aliphatic heterocycles. The van der Waals surface area contributed by atoms with E-state index in [9.17, 15) is 9.18 Å². The molecule has 148 valence electrons. The highest BCUT2D eigenvalue weighted by atomic mass is 19.1. The Kier molecular flexibility index (Phi) is 5.78. The Morgan fingerprint density at radius 1 is 1.15 bits per heavy atom. The molecule has 1 aromatic rings. The Labute approximate surface area is 159 Å². The first-order valence-electron chi connectivity index (χ1n) is 9.84. The Balaban J connectivity index is 1.19. The van der Waals surface area contributed by atoms with Gasteiger partial charge < -0.3 is 19.1 Å². The van der Waals surface area contributed by atoms with E-state index in [2.05, 4.69) is 4.90 Å². The Morgan fingerprint density at radius 2 is 2.00 bits per heavy atom. The van der Waals surface area contributed by atoms with E-state index >= 15 is 0 Å². The average Bonchev–Trinajstić information content (AvgIpc) is 2.68. The average molecular weight is 378 g/mol. The molecule has 1 amide bonds. The highest BCUT2D eigenvalue weighted by Crippen LogP contribution is 2.32. The zero-order chi connectivity index (χ0) is 18.6. The number of amides is 1. The predicted octanol–water partition coefficient (Wildman–Crippen LogP) is 1.93. The topological polar surface area (TPSA) is 51.2 Å². The van der Waals surface area contributed by atoms with Crippen molar-refractivity contribution in [2.75, 3.05) is 52.5 Å². The van der Waals surface area contributed by atoms with Gasteiger partial charge in [0.05, 0.1) is 6.61 Å². The molecular weight excluding hydrogens is 351 g/mol. The summed E-state index contributed by atoms with van der Waals surface area (Å²) >= 11 is 0. The third kappa shape index (κ3) is 4.71. The van der Waals surface area contributed by atoms with Gasteiger partial charge in [-0.25, -0.2) is 4.39 Å². The van der Waals surface area contributed by atoms with Crippen molar-refractivity contribution in [3.8, 4) is 11.5 Å². The summed E-state index contributed by atoms with van der Waals surface area (Å²) in [4.78, 5) is 16.1. The molecule has 7 heteroatoms. The second-order valence-corrected chi connectivity index (χ2v) is 7.61. The molecule has 0 aliphatic carbocycles. The maximum atomic E-state index is 13.4. The van der Waals surface area contributed by atoms with E-state index in [-0.39, 0.29) is 24.4 Å². The summed E-state index contributed by atoms with van der Waals surface area (Å²) < 4.78 is 30.2. The third-order valence-corrected chi connectivity index (χ3v) is 5.68. The number of carbonyl (C=O) groups is 1. The SMILES string of the molecule is O=C1COCCN1CCC1CCN(CC2COc3ccc(F)cc3O2)CC1. The number of nitrogens with zero attached hydrogens (tertiary/aromatic N) is 2. The van der Waals surface area contributed by atoms with Gasteiger partial charge in [0.2, 0.25) is 5.91 Å². The van der Waals surface area contributed by atoms with Crippen molar-refractivity contribution < 1.29 is 23.4 Å². The maximum Gasteiger partial charge on any atom is 0.248 e. The van der Waals surface area contributed by atoms with Crippen molar-refractivity contribution in [2.24, 2.45) is 5.92 Å². The van der Waals surface area contributed by atoms with Crippen LogP contribution in [-0.2, 0) is 9.53 Å². The van der Waals surface area contributed by atoms with Gasteiger partial charge in [-0.1, -0.05) is 0 Å². The number of rotatable bonds is 5. The predicted molar refractivity (Wildman–Crippen MR) is 97.5 cm³/mol. The van der Waals surface area contributed by atoms with E-state index in [1.165, 1.54) is 12.1 Å². The molecular formula is C20H27FN2O4. The lowest BCUT2D eigenvalue weighted by atomic mass is 9.93. The Bertz CT molecular complexity index is 663. The van der Waals surface area contributed by atoms with E-state index in [0.717, 1.165) is 52.0 Å². The molecule has 4 rings (SSSR count). The lowest BCUT2D eigenvalue weighted by molar-refractivity contribution is -0.142. The normalized spacial score (nSPS) is 24.3. The third-order valence-electron chi connectivity index (χ3n) is 5.68. The quantitative estimate of drug-likeness (QED) is 0.784. The van der Waals surface area contributed by atoms with Gasteiger partial charge in [-0.05, 0) is 50.4 Å². The molecule has 3 aliphatic rings. The number of morpholine rings is 1. The minimum Gasteiger partial charge on any atom is -0.486 e. The summed E-state index contributed by atoms with van der Waals surface area (Å²) in [6.45, 7) is 5.79. The molecule has 0 aromatic heterocycles. The van der Waals surface area contributed by atoms with E-state index in [1.54, 1.807) is 6.07 Å². The van der Waals surface area contributed by atoms with Crippen LogP contribution in [0.1, 0.15) is 19.3 Å². The molecule has 0 N–H and O–H groups in total. The Hall–Kier alpha value is -1.86. The lowest BCUT2D eigenvalue weighted by Gasteiger charge is -2.36. The fourth-order valence-electron chi connectivity index (χ4n) is 4.05. The fraction of sp³-hybridized carbons (Fsp3) is 0.650. The minimum absolute atomic E-state index is 0.0678. The number of fused-ring (bicyclic) bond motifs is 1. The number of likely N-dealkylation sites (tertiary alicyclic amines) is 1. The van der Waals surface area contributed by atoms with Crippen molar-refractivity contribution in [1.29, 1.82) is 0 Å². The molecule has 0 radical (unpaired) electrons. The highest BCUT2D eigenvalue weighted by Gasteiger charge is 2.27. The first-order chi connectivity index (χ1) is 13.2. The van der Waals surface area contributed by atoms with Crippen LogP contribution in [-0.4, -0.2) is 74.4 Å². The zero-order valence-electron chi connectivity index (χ0n) is 15.6. The standard InChI is InChI=1S/C20H27FN2O4/c21-16-1-2-18-19(11-16)27-17(13-26-18)12-22-6-3-15(4-7-22)5-8-23-9-10-25-14-20(23)24/h1-2,11,15,17H,3-10,12-14H2. The molecule has 2 saturated heterocycles. The number of ether oxygens (including phenoxy) is 3. The monoisotopic (exact) mass is 378 g/mol. The van der Waals surface area contributed by atoms with Gasteiger partial charge in [0.1, 0.15) is 25.1 Å². The van der Waals surface area contributed by atoms with Crippen LogP contribution in [0.3, 0.4) is 0 Å². The van der Waals surface area contributed by atoms with Crippen LogP contribution in [0.5, 0.6) is 11.5 Å². The van der Waals surface area contributed by atoms with Crippen LogP contribution in [0.15, 0.2) is 18.2 Å². The van der Waals surface area contributed by atoms with Gasteiger partial charge in [-0.15, -0.1) is 0 Å². The van der Waals surface area contributed by atoms with E-state index in [4.69, 9.17) is 14.2 Å². The van der Waals surface area contributed by atoms with E-state index in [1.807, 2.05) is 4.90 Å². The molecule has 0 saturated carbocycles. The van der Waals surface area contributed by atoms with Crippen LogP contribution >= 0.6 is 0 Å². The minimum atomic E-state index is -0.308. The molecule has 0 bridgehead atoms.